The van der Waals surface area contributed by atoms with E-state index < -0.39 is 0 Å². The number of urea groups is 1. The Kier molecular flexibility index (Phi) is 4.18. The fraction of sp³-hybridized carbons (Fsp3) is 0.312. The lowest BCUT2D eigenvalue weighted by Gasteiger charge is -2.19. The Morgan fingerprint density at radius 2 is 2.05 bits per heavy atom. The van der Waals surface area contributed by atoms with Crippen LogP contribution in [0.2, 0.25) is 0 Å². The molecular formula is C16H18N4O2. The van der Waals surface area contributed by atoms with Crippen molar-refractivity contribution in [3.05, 3.63) is 48.2 Å². The van der Waals surface area contributed by atoms with Crippen LogP contribution in [0, 0.1) is 5.92 Å². The molecule has 0 aliphatic heterocycles. The zero-order valence-corrected chi connectivity index (χ0v) is 12.3. The zero-order valence-electron chi connectivity index (χ0n) is 12.3. The second-order valence-electron chi connectivity index (χ2n) is 5.30. The Balaban J connectivity index is 1.67. The molecule has 1 saturated carbocycles. The molecule has 1 fully saturated rings. The third-order valence-electron chi connectivity index (χ3n) is 3.67. The predicted molar refractivity (Wildman–Crippen MR) is 82.6 cm³/mol. The van der Waals surface area contributed by atoms with Crippen LogP contribution in [-0.2, 0) is 0 Å². The molecule has 1 unspecified atom stereocenters. The molecule has 0 radical (unpaired) electrons. The number of nitrogens with one attached hydrogen (secondary N) is 2. The maximum absolute atomic E-state index is 12.1. The first-order valence-corrected chi connectivity index (χ1v) is 7.25. The fourth-order valence-electron chi connectivity index (χ4n) is 2.38. The van der Waals surface area contributed by atoms with Crippen molar-refractivity contribution in [2.45, 2.75) is 18.9 Å². The molecule has 1 aliphatic carbocycles. The lowest BCUT2D eigenvalue weighted by Crippen LogP contribution is -2.34. The van der Waals surface area contributed by atoms with Gasteiger partial charge in [0.05, 0.1) is 13.2 Å². The summed E-state index contributed by atoms with van der Waals surface area (Å²) >= 11 is 0. The van der Waals surface area contributed by atoms with Crippen molar-refractivity contribution in [2.24, 2.45) is 5.92 Å². The van der Waals surface area contributed by atoms with Crippen LogP contribution in [0.15, 0.2) is 42.6 Å². The van der Waals surface area contributed by atoms with Gasteiger partial charge in [0.2, 0.25) is 0 Å². The SMILES string of the molecule is COc1ccc(C(NC(=O)Nc2cccnn2)C2CC2)cc1. The van der Waals surface area contributed by atoms with Gasteiger partial charge in [0.1, 0.15) is 5.75 Å². The molecule has 6 heteroatoms. The van der Waals surface area contributed by atoms with Crippen LogP contribution >= 0.6 is 0 Å². The van der Waals surface area contributed by atoms with Crippen LogP contribution in [0.5, 0.6) is 5.75 Å². The monoisotopic (exact) mass is 298 g/mol. The van der Waals surface area contributed by atoms with Gasteiger partial charge in [-0.1, -0.05) is 12.1 Å². The summed E-state index contributed by atoms with van der Waals surface area (Å²) in [7, 11) is 1.64. The molecule has 0 bridgehead atoms. The number of anilines is 1. The molecule has 0 spiro atoms. The minimum atomic E-state index is -0.270. The van der Waals surface area contributed by atoms with Crippen LogP contribution in [0.1, 0.15) is 24.4 Å². The molecule has 1 heterocycles. The predicted octanol–water partition coefficient (Wildman–Crippen LogP) is 2.76. The van der Waals surface area contributed by atoms with Crippen LogP contribution in [0.3, 0.4) is 0 Å². The van der Waals surface area contributed by atoms with Gasteiger partial charge in [-0.25, -0.2) is 4.79 Å². The summed E-state index contributed by atoms with van der Waals surface area (Å²) in [5, 5.41) is 13.3. The van der Waals surface area contributed by atoms with Crippen LogP contribution in [0.25, 0.3) is 0 Å². The van der Waals surface area contributed by atoms with Crippen molar-refractivity contribution in [1.29, 1.82) is 0 Å². The Hall–Kier alpha value is -2.63. The number of hydrogen-bond donors (Lipinski definition) is 2. The van der Waals surface area contributed by atoms with E-state index in [1.807, 2.05) is 24.3 Å². The molecule has 3 rings (SSSR count). The highest BCUT2D eigenvalue weighted by atomic mass is 16.5. The molecule has 2 N–H and O–H groups in total. The number of hydrogen-bond acceptors (Lipinski definition) is 4. The Labute approximate surface area is 128 Å². The number of nitrogens with zero attached hydrogens (tertiary/aromatic N) is 2. The second-order valence-corrected chi connectivity index (χ2v) is 5.30. The Bertz CT molecular complexity index is 626. The van der Waals surface area contributed by atoms with Crippen LogP contribution in [-0.4, -0.2) is 23.3 Å². The third kappa shape index (κ3) is 3.52. The summed E-state index contributed by atoms with van der Waals surface area (Å²) in [6.07, 6.45) is 3.82. The highest BCUT2D eigenvalue weighted by Gasteiger charge is 2.33. The third-order valence-corrected chi connectivity index (χ3v) is 3.67. The minimum absolute atomic E-state index is 0.00239. The summed E-state index contributed by atoms with van der Waals surface area (Å²) in [5.41, 5.74) is 1.08. The van der Waals surface area contributed by atoms with E-state index in [1.54, 1.807) is 25.4 Å². The molecule has 1 aliphatic rings. The molecule has 2 aromatic rings. The molecule has 114 valence electrons. The number of methoxy groups -OCH3 is 1. The van der Waals surface area contributed by atoms with E-state index >= 15 is 0 Å². The lowest BCUT2D eigenvalue weighted by atomic mass is 10.0. The van der Waals surface area contributed by atoms with Gasteiger partial charge in [-0.3, -0.25) is 5.32 Å². The number of aromatic nitrogens is 2. The smallest absolute Gasteiger partial charge is 0.320 e. The summed E-state index contributed by atoms with van der Waals surface area (Å²) < 4.78 is 5.17. The zero-order chi connectivity index (χ0) is 15.4. The first-order chi connectivity index (χ1) is 10.8. The first kappa shape index (κ1) is 14.3. The van der Waals surface area contributed by atoms with Gasteiger partial charge >= 0.3 is 6.03 Å². The number of benzene rings is 1. The molecule has 1 aromatic heterocycles. The van der Waals surface area contributed by atoms with Gasteiger partial charge in [0.25, 0.3) is 0 Å². The van der Waals surface area contributed by atoms with E-state index in [4.69, 9.17) is 4.74 Å². The molecule has 0 saturated heterocycles. The van der Waals surface area contributed by atoms with Crippen LogP contribution in [0.4, 0.5) is 10.6 Å². The Morgan fingerprint density at radius 1 is 1.27 bits per heavy atom. The number of rotatable bonds is 5. The standard InChI is InChI=1S/C16H18N4O2/c1-22-13-8-6-12(7-9-13)15(11-4-5-11)19-16(21)18-14-3-2-10-17-20-14/h2-3,6-11,15H,4-5H2,1H3,(H2,18,19,20,21). The van der Waals surface area contributed by atoms with E-state index in [9.17, 15) is 4.79 Å². The number of ether oxygens (including phenoxy) is 1. The van der Waals surface area contributed by atoms with Crippen molar-refractivity contribution in [3.8, 4) is 5.75 Å². The normalized spacial score (nSPS) is 15.0. The fourth-order valence-corrected chi connectivity index (χ4v) is 2.38. The second kappa shape index (κ2) is 6.43. The molecule has 1 aromatic carbocycles. The number of carbonyl (C=O) groups excluding carboxylic acids is 1. The average Bonchev–Trinajstić information content (AvgIpc) is 3.38. The highest BCUT2D eigenvalue weighted by Crippen LogP contribution is 2.41. The quantitative estimate of drug-likeness (QED) is 0.890. The van der Waals surface area contributed by atoms with Crippen LogP contribution < -0.4 is 15.4 Å². The summed E-state index contributed by atoms with van der Waals surface area (Å²) in [6.45, 7) is 0. The molecule has 1 atom stereocenters. The van der Waals surface area contributed by atoms with Crippen molar-refractivity contribution in [1.82, 2.24) is 15.5 Å². The van der Waals surface area contributed by atoms with Crippen molar-refractivity contribution in [3.63, 3.8) is 0 Å². The summed E-state index contributed by atoms with van der Waals surface area (Å²) in [4.78, 5) is 12.1. The molecule has 6 nitrogen and oxygen atoms in total. The first-order valence-electron chi connectivity index (χ1n) is 7.25. The number of amides is 2. The molecule has 2 amide bonds. The maximum atomic E-state index is 12.1. The topological polar surface area (TPSA) is 76.1 Å². The maximum Gasteiger partial charge on any atom is 0.320 e. The molecule has 22 heavy (non-hydrogen) atoms. The number of carbonyl (C=O) groups is 1. The van der Waals surface area contributed by atoms with E-state index in [0.717, 1.165) is 24.2 Å². The van der Waals surface area contributed by atoms with E-state index in [0.29, 0.717) is 11.7 Å². The van der Waals surface area contributed by atoms with Crippen molar-refractivity contribution >= 4 is 11.8 Å². The van der Waals surface area contributed by atoms with Gasteiger partial charge in [-0.2, -0.15) is 5.10 Å². The minimum Gasteiger partial charge on any atom is -0.497 e. The molecular weight excluding hydrogens is 280 g/mol. The van der Waals surface area contributed by atoms with Gasteiger partial charge in [-0.05, 0) is 48.6 Å². The Morgan fingerprint density at radius 3 is 2.64 bits per heavy atom. The summed E-state index contributed by atoms with van der Waals surface area (Å²) in [5.74, 6) is 1.73. The summed E-state index contributed by atoms with van der Waals surface area (Å²) in [6, 6.07) is 11.0. The lowest BCUT2D eigenvalue weighted by molar-refractivity contribution is 0.247. The van der Waals surface area contributed by atoms with Crippen molar-refractivity contribution < 1.29 is 9.53 Å². The van der Waals surface area contributed by atoms with E-state index in [-0.39, 0.29) is 12.1 Å². The van der Waals surface area contributed by atoms with Gasteiger partial charge in [0.15, 0.2) is 5.82 Å². The van der Waals surface area contributed by atoms with Crippen molar-refractivity contribution in [2.75, 3.05) is 12.4 Å². The average molecular weight is 298 g/mol. The van der Waals surface area contributed by atoms with Gasteiger partial charge in [0, 0.05) is 6.20 Å². The van der Waals surface area contributed by atoms with Gasteiger partial charge in [-0.15, -0.1) is 5.10 Å². The highest BCUT2D eigenvalue weighted by molar-refractivity contribution is 5.88. The van der Waals surface area contributed by atoms with E-state index in [2.05, 4.69) is 20.8 Å². The van der Waals surface area contributed by atoms with E-state index in [1.165, 1.54) is 0 Å². The largest absolute Gasteiger partial charge is 0.497 e. The van der Waals surface area contributed by atoms with Gasteiger partial charge < -0.3 is 10.1 Å².